The molecule has 0 aliphatic rings. The van der Waals surface area contributed by atoms with E-state index in [1.807, 2.05) is 0 Å². The molecule has 4 aromatic rings. The smallest absolute Gasteiger partial charge is 0.186 e. The van der Waals surface area contributed by atoms with Gasteiger partial charge in [0, 0.05) is 22.5 Å². The fraction of sp³-hybridized carbons (Fsp3) is 0.160. The Hall–Kier alpha value is -3.35. The molecular formula is C25H26N4OS. The molecule has 5 nitrogen and oxygen atoms in total. The minimum absolute atomic E-state index is 0.101. The zero-order valence-corrected chi connectivity index (χ0v) is 18.1. The van der Waals surface area contributed by atoms with Gasteiger partial charge in [0.25, 0.3) is 0 Å². The number of hydrogen-bond donors (Lipinski definition) is 3. The van der Waals surface area contributed by atoms with Gasteiger partial charge in [-0.2, -0.15) is 0 Å². The van der Waals surface area contributed by atoms with Crippen molar-refractivity contribution < 1.29 is 4.74 Å². The topological polar surface area (TPSA) is 99.6 Å². The number of nitrogens with two attached hydrogens (primary N) is 3. The molecule has 1 aromatic heterocycles. The number of nitrogens with zero attached hydrogens (tertiary/aromatic N) is 1. The summed E-state index contributed by atoms with van der Waals surface area (Å²) in [5.41, 5.74) is 21.1. The number of fused-ring (bicyclic) bond motifs is 1. The fourth-order valence-corrected chi connectivity index (χ4v) is 4.53. The third kappa shape index (κ3) is 5.23. The first-order valence-corrected chi connectivity index (χ1v) is 11.0. The van der Waals surface area contributed by atoms with Gasteiger partial charge >= 0.3 is 0 Å². The molecule has 1 heterocycles. The monoisotopic (exact) mass is 430 g/mol. The van der Waals surface area contributed by atoms with E-state index < -0.39 is 0 Å². The van der Waals surface area contributed by atoms with Crippen molar-refractivity contribution in [3.63, 3.8) is 0 Å². The lowest BCUT2D eigenvalue weighted by atomic mass is 10.00. The molecule has 6 N–H and O–H groups in total. The van der Waals surface area contributed by atoms with E-state index in [0.29, 0.717) is 19.7 Å². The van der Waals surface area contributed by atoms with Gasteiger partial charge in [0.2, 0.25) is 0 Å². The van der Waals surface area contributed by atoms with E-state index in [-0.39, 0.29) is 5.96 Å². The second-order valence-corrected chi connectivity index (χ2v) is 8.43. The van der Waals surface area contributed by atoms with Gasteiger partial charge in [-0.1, -0.05) is 42.5 Å². The van der Waals surface area contributed by atoms with Crippen LogP contribution in [0.1, 0.15) is 16.7 Å². The van der Waals surface area contributed by atoms with E-state index in [1.165, 1.54) is 26.1 Å². The van der Waals surface area contributed by atoms with Crippen LogP contribution in [0.2, 0.25) is 0 Å². The van der Waals surface area contributed by atoms with Crippen molar-refractivity contribution in [1.29, 1.82) is 0 Å². The standard InChI is InChI=1S/C25H26N4OS/c26-11-12-30-22-10-9-20(24-15-19-3-1-2-4-23(19)31-24)14-21(22)13-17-5-7-18(8-6-17)16-29-25(27)28/h1-10,14-15H,11-13,16,26H2,(H4,27,28,29). The predicted molar refractivity (Wildman–Crippen MR) is 131 cm³/mol. The van der Waals surface area contributed by atoms with Crippen LogP contribution in [0.5, 0.6) is 5.75 Å². The zero-order chi connectivity index (χ0) is 21.6. The molecule has 0 radical (unpaired) electrons. The van der Waals surface area contributed by atoms with Crippen LogP contribution >= 0.6 is 11.3 Å². The maximum atomic E-state index is 5.93. The molecule has 0 aliphatic heterocycles. The van der Waals surface area contributed by atoms with Crippen LogP contribution in [0.3, 0.4) is 0 Å². The highest BCUT2D eigenvalue weighted by atomic mass is 32.1. The van der Waals surface area contributed by atoms with Gasteiger partial charge in [0.05, 0.1) is 6.54 Å². The highest BCUT2D eigenvalue weighted by molar-refractivity contribution is 7.22. The van der Waals surface area contributed by atoms with E-state index >= 15 is 0 Å². The molecule has 0 unspecified atom stereocenters. The Labute approximate surface area is 186 Å². The van der Waals surface area contributed by atoms with Crippen LogP contribution in [0, 0.1) is 0 Å². The molecule has 6 heteroatoms. The summed E-state index contributed by atoms with van der Waals surface area (Å²) in [7, 11) is 0. The summed E-state index contributed by atoms with van der Waals surface area (Å²) in [6, 6.07) is 25.4. The molecule has 0 bridgehead atoms. The van der Waals surface area contributed by atoms with Gasteiger partial charge in [-0.3, -0.25) is 0 Å². The second-order valence-electron chi connectivity index (χ2n) is 7.34. The molecule has 0 fully saturated rings. The number of aliphatic imine (C=N–C) groups is 1. The van der Waals surface area contributed by atoms with Crippen molar-refractivity contribution in [3.8, 4) is 16.2 Å². The third-order valence-corrected chi connectivity index (χ3v) is 6.17. The van der Waals surface area contributed by atoms with Crippen molar-refractivity contribution in [2.45, 2.75) is 13.0 Å². The lowest BCUT2D eigenvalue weighted by Crippen LogP contribution is -2.22. The lowest BCUT2D eigenvalue weighted by Gasteiger charge is -2.13. The molecular weight excluding hydrogens is 404 g/mol. The first-order chi connectivity index (χ1) is 15.1. The molecule has 0 atom stereocenters. The highest BCUT2D eigenvalue weighted by Gasteiger charge is 2.10. The van der Waals surface area contributed by atoms with Gasteiger partial charge in [0.15, 0.2) is 5.96 Å². The maximum absolute atomic E-state index is 5.93. The first-order valence-electron chi connectivity index (χ1n) is 10.2. The number of thiophene rings is 1. The van der Waals surface area contributed by atoms with Crippen LogP contribution in [-0.4, -0.2) is 19.1 Å². The largest absolute Gasteiger partial charge is 0.492 e. The van der Waals surface area contributed by atoms with Gasteiger partial charge in [-0.25, -0.2) is 4.99 Å². The van der Waals surface area contributed by atoms with Crippen molar-refractivity contribution in [2.75, 3.05) is 13.2 Å². The summed E-state index contributed by atoms with van der Waals surface area (Å²) in [4.78, 5) is 5.31. The van der Waals surface area contributed by atoms with Crippen LogP contribution in [-0.2, 0) is 13.0 Å². The van der Waals surface area contributed by atoms with Crippen molar-refractivity contribution in [2.24, 2.45) is 22.2 Å². The summed E-state index contributed by atoms with van der Waals surface area (Å²) in [6.07, 6.45) is 0.765. The van der Waals surface area contributed by atoms with E-state index in [4.69, 9.17) is 21.9 Å². The number of rotatable bonds is 8. The van der Waals surface area contributed by atoms with Gasteiger partial charge in [0.1, 0.15) is 12.4 Å². The SMILES string of the molecule is NCCOc1ccc(-c2cc3ccccc3s2)cc1Cc1ccc(CN=C(N)N)cc1. The van der Waals surface area contributed by atoms with Gasteiger partial charge in [-0.15, -0.1) is 11.3 Å². The van der Waals surface area contributed by atoms with Crippen molar-refractivity contribution in [3.05, 3.63) is 89.5 Å². The number of ether oxygens (including phenoxy) is 1. The van der Waals surface area contributed by atoms with E-state index in [1.54, 1.807) is 11.3 Å². The molecule has 31 heavy (non-hydrogen) atoms. The third-order valence-electron chi connectivity index (χ3n) is 5.01. The van der Waals surface area contributed by atoms with Gasteiger partial charge < -0.3 is 21.9 Å². The fourth-order valence-electron chi connectivity index (χ4n) is 3.47. The Balaban J connectivity index is 1.62. The van der Waals surface area contributed by atoms with Crippen molar-refractivity contribution in [1.82, 2.24) is 0 Å². The normalized spacial score (nSPS) is 10.9. The van der Waals surface area contributed by atoms with Crippen LogP contribution in [0.15, 0.2) is 77.8 Å². The van der Waals surface area contributed by atoms with Gasteiger partial charge in [-0.05, 0) is 58.0 Å². The molecule has 0 saturated carbocycles. The second kappa shape index (κ2) is 9.64. The summed E-state index contributed by atoms with van der Waals surface area (Å²) in [5.74, 6) is 0.976. The van der Waals surface area contributed by atoms with Crippen molar-refractivity contribution >= 4 is 27.4 Å². The average molecular weight is 431 g/mol. The Bertz CT molecular complexity index is 1160. The molecule has 0 saturated heterocycles. The number of guanidine groups is 1. The number of hydrogen-bond acceptors (Lipinski definition) is 4. The number of benzene rings is 3. The van der Waals surface area contributed by atoms with E-state index in [9.17, 15) is 0 Å². The lowest BCUT2D eigenvalue weighted by molar-refractivity contribution is 0.325. The Kier molecular flexibility index (Phi) is 6.50. The molecule has 0 amide bonds. The van der Waals surface area contributed by atoms with Crippen LogP contribution in [0.25, 0.3) is 20.5 Å². The molecule has 0 aliphatic carbocycles. The van der Waals surface area contributed by atoms with Crippen LogP contribution < -0.4 is 21.9 Å². The quantitative estimate of drug-likeness (QED) is 0.287. The zero-order valence-electron chi connectivity index (χ0n) is 17.3. The summed E-state index contributed by atoms with van der Waals surface area (Å²) < 4.78 is 7.22. The average Bonchev–Trinajstić information content (AvgIpc) is 3.22. The Morgan fingerprint density at radius 2 is 1.68 bits per heavy atom. The molecule has 4 rings (SSSR count). The highest BCUT2D eigenvalue weighted by Crippen LogP contribution is 2.36. The Morgan fingerprint density at radius 1 is 0.903 bits per heavy atom. The summed E-state index contributed by atoms with van der Waals surface area (Å²) >= 11 is 1.81. The maximum Gasteiger partial charge on any atom is 0.186 e. The van der Waals surface area contributed by atoms with Crippen LogP contribution in [0.4, 0.5) is 0 Å². The summed E-state index contributed by atoms with van der Waals surface area (Å²) in [5, 5.41) is 1.27. The predicted octanol–water partition coefficient (Wildman–Crippen LogP) is 4.27. The minimum Gasteiger partial charge on any atom is -0.492 e. The first kappa shape index (κ1) is 20.9. The summed E-state index contributed by atoms with van der Waals surface area (Å²) in [6.45, 7) is 1.46. The molecule has 0 spiro atoms. The molecule has 3 aromatic carbocycles. The van der Waals surface area contributed by atoms with E-state index in [0.717, 1.165) is 23.3 Å². The minimum atomic E-state index is 0.101. The van der Waals surface area contributed by atoms with E-state index in [2.05, 4.69) is 77.8 Å². The molecule has 158 valence electrons. The Morgan fingerprint density at radius 3 is 2.42 bits per heavy atom.